The summed E-state index contributed by atoms with van der Waals surface area (Å²) in [4.78, 5) is 15.2. The van der Waals surface area contributed by atoms with Gasteiger partial charge in [-0.1, -0.05) is 6.92 Å². The lowest BCUT2D eigenvalue weighted by Gasteiger charge is -2.26. The van der Waals surface area contributed by atoms with Crippen LogP contribution in [0.15, 0.2) is 0 Å². The molecule has 1 heterocycles. The molecule has 4 heteroatoms. The summed E-state index contributed by atoms with van der Waals surface area (Å²) in [7, 11) is 2.04. The number of hydrogen-bond acceptors (Lipinski definition) is 3. The Bertz CT molecular complexity index is 233. The van der Waals surface area contributed by atoms with Crippen molar-refractivity contribution >= 4 is 5.97 Å². The van der Waals surface area contributed by atoms with Gasteiger partial charge in [0.2, 0.25) is 0 Å². The zero-order valence-electron chi connectivity index (χ0n) is 10.6. The van der Waals surface area contributed by atoms with Crippen LogP contribution in [0.1, 0.15) is 33.1 Å². The Morgan fingerprint density at radius 1 is 1.62 bits per heavy atom. The van der Waals surface area contributed by atoms with Crippen molar-refractivity contribution in [2.75, 3.05) is 26.7 Å². The number of carbonyl (C=O) groups is 1. The van der Waals surface area contributed by atoms with Crippen molar-refractivity contribution in [2.45, 2.75) is 45.2 Å². The number of aliphatic carboxylic acids is 1. The summed E-state index contributed by atoms with van der Waals surface area (Å²) in [6.07, 6.45) is 2.60. The fourth-order valence-corrected chi connectivity index (χ4v) is 2.24. The van der Waals surface area contributed by atoms with Gasteiger partial charge < -0.3 is 10.0 Å². The van der Waals surface area contributed by atoms with Gasteiger partial charge in [-0.2, -0.15) is 0 Å². The lowest BCUT2D eigenvalue weighted by molar-refractivity contribution is -0.137. The van der Waals surface area contributed by atoms with E-state index >= 15 is 0 Å². The van der Waals surface area contributed by atoms with Crippen LogP contribution in [-0.2, 0) is 4.79 Å². The maximum Gasteiger partial charge on any atom is 0.304 e. The SMILES string of the molecule is CCC(C)N1CCC(N(C)CCC(=O)O)C1. The smallest absolute Gasteiger partial charge is 0.304 e. The molecule has 0 aromatic carbocycles. The van der Waals surface area contributed by atoms with Gasteiger partial charge in [-0.05, 0) is 26.8 Å². The third-order valence-electron chi connectivity index (χ3n) is 3.71. The maximum absolute atomic E-state index is 10.5. The lowest BCUT2D eigenvalue weighted by atomic mass is 10.2. The molecule has 1 N–H and O–H groups in total. The second-order valence-electron chi connectivity index (χ2n) is 4.82. The summed E-state index contributed by atoms with van der Waals surface area (Å²) < 4.78 is 0. The van der Waals surface area contributed by atoms with Gasteiger partial charge >= 0.3 is 5.97 Å². The van der Waals surface area contributed by atoms with Gasteiger partial charge in [0, 0.05) is 31.7 Å². The first kappa shape index (κ1) is 13.5. The van der Waals surface area contributed by atoms with Gasteiger partial charge in [-0.15, -0.1) is 0 Å². The Hall–Kier alpha value is -0.610. The van der Waals surface area contributed by atoms with Crippen molar-refractivity contribution in [1.82, 2.24) is 9.80 Å². The highest BCUT2D eigenvalue weighted by Gasteiger charge is 2.27. The highest BCUT2D eigenvalue weighted by molar-refractivity contribution is 5.66. The predicted octanol–water partition coefficient (Wildman–Crippen LogP) is 1.27. The van der Waals surface area contributed by atoms with E-state index in [-0.39, 0.29) is 6.42 Å². The molecule has 0 aliphatic carbocycles. The zero-order valence-corrected chi connectivity index (χ0v) is 10.6. The number of likely N-dealkylation sites (tertiary alicyclic amines) is 1. The first-order chi connectivity index (χ1) is 7.54. The summed E-state index contributed by atoms with van der Waals surface area (Å²) >= 11 is 0. The van der Waals surface area contributed by atoms with Gasteiger partial charge in [0.15, 0.2) is 0 Å². The molecule has 1 aliphatic heterocycles. The Morgan fingerprint density at radius 3 is 2.88 bits per heavy atom. The molecule has 2 atom stereocenters. The van der Waals surface area contributed by atoms with Crippen LogP contribution in [-0.4, -0.2) is 59.6 Å². The van der Waals surface area contributed by atoms with Gasteiger partial charge in [0.05, 0.1) is 6.42 Å². The summed E-state index contributed by atoms with van der Waals surface area (Å²) in [5.74, 6) is -0.705. The number of hydrogen-bond donors (Lipinski definition) is 1. The van der Waals surface area contributed by atoms with Crippen LogP contribution in [0.3, 0.4) is 0 Å². The van der Waals surface area contributed by atoms with Crippen LogP contribution >= 0.6 is 0 Å². The number of carboxylic acids is 1. The quantitative estimate of drug-likeness (QED) is 0.743. The standard InChI is InChI=1S/C12H24N2O2/c1-4-10(2)14-8-5-11(9-14)13(3)7-6-12(15)16/h10-11H,4-9H2,1-3H3,(H,15,16). The summed E-state index contributed by atoms with van der Waals surface area (Å²) in [5.41, 5.74) is 0. The van der Waals surface area contributed by atoms with Crippen LogP contribution < -0.4 is 0 Å². The monoisotopic (exact) mass is 228 g/mol. The molecule has 2 unspecified atom stereocenters. The average Bonchev–Trinajstić information content (AvgIpc) is 2.74. The molecule has 94 valence electrons. The fraction of sp³-hybridized carbons (Fsp3) is 0.917. The highest BCUT2D eigenvalue weighted by atomic mass is 16.4. The van der Waals surface area contributed by atoms with Crippen molar-refractivity contribution in [1.29, 1.82) is 0 Å². The fourth-order valence-electron chi connectivity index (χ4n) is 2.24. The molecule has 16 heavy (non-hydrogen) atoms. The van der Waals surface area contributed by atoms with Crippen LogP contribution in [0.5, 0.6) is 0 Å². The third kappa shape index (κ3) is 3.76. The van der Waals surface area contributed by atoms with Gasteiger partial charge in [-0.25, -0.2) is 0 Å². The second-order valence-corrected chi connectivity index (χ2v) is 4.82. The average molecular weight is 228 g/mol. The predicted molar refractivity (Wildman–Crippen MR) is 64.6 cm³/mol. The molecule has 0 bridgehead atoms. The van der Waals surface area contributed by atoms with Crippen molar-refractivity contribution in [3.63, 3.8) is 0 Å². The molecule has 1 rings (SSSR count). The van der Waals surface area contributed by atoms with E-state index in [1.165, 1.54) is 12.8 Å². The van der Waals surface area contributed by atoms with Crippen LogP contribution in [0, 0.1) is 0 Å². The molecule has 0 spiro atoms. The molecule has 0 aromatic heterocycles. The van der Waals surface area contributed by atoms with Gasteiger partial charge in [0.1, 0.15) is 0 Å². The van der Waals surface area contributed by atoms with Crippen LogP contribution in [0.2, 0.25) is 0 Å². The topological polar surface area (TPSA) is 43.8 Å². The number of likely N-dealkylation sites (N-methyl/N-ethyl adjacent to an activating group) is 1. The minimum Gasteiger partial charge on any atom is -0.481 e. The molecular formula is C12H24N2O2. The van der Waals surface area contributed by atoms with E-state index in [4.69, 9.17) is 5.11 Å². The van der Waals surface area contributed by atoms with Crippen LogP contribution in [0.4, 0.5) is 0 Å². The molecule has 4 nitrogen and oxygen atoms in total. The van der Waals surface area contributed by atoms with Crippen molar-refractivity contribution in [3.8, 4) is 0 Å². The second kappa shape index (κ2) is 6.21. The maximum atomic E-state index is 10.5. The minimum atomic E-state index is -0.705. The van der Waals surface area contributed by atoms with E-state index < -0.39 is 5.97 Å². The number of carboxylic acid groups (broad SMARTS) is 1. The highest BCUT2D eigenvalue weighted by Crippen LogP contribution is 2.18. The van der Waals surface area contributed by atoms with Crippen molar-refractivity contribution in [3.05, 3.63) is 0 Å². The van der Waals surface area contributed by atoms with Crippen molar-refractivity contribution in [2.24, 2.45) is 0 Å². The summed E-state index contributed by atoms with van der Waals surface area (Å²) in [6.45, 7) is 7.38. The molecule has 1 aliphatic rings. The Kier molecular flexibility index (Phi) is 5.22. The molecule has 0 saturated carbocycles. The van der Waals surface area contributed by atoms with E-state index in [9.17, 15) is 4.79 Å². The van der Waals surface area contributed by atoms with E-state index in [0.717, 1.165) is 13.1 Å². The first-order valence-electron chi connectivity index (χ1n) is 6.20. The Labute approximate surface area is 98.2 Å². The van der Waals surface area contributed by atoms with E-state index in [1.807, 2.05) is 7.05 Å². The normalized spacial score (nSPS) is 23.9. The third-order valence-corrected chi connectivity index (χ3v) is 3.71. The van der Waals surface area contributed by atoms with E-state index in [1.54, 1.807) is 0 Å². The molecule has 0 amide bonds. The molecule has 1 fully saturated rings. The Morgan fingerprint density at radius 2 is 2.31 bits per heavy atom. The van der Waals surface area contributed by atoms with Crippen LogP contribution in [0.25, 0.3) is 0 Å². The number of nitrogens with zero attached hydrogens (tertiary/aromatic N) is 2. The van der Waals surface area contributed by atoms with Gasteiger partial charge in [-0.3, -0.25) is 9.69 Å². The van der Waals surface area contributed by atoms with E-state index in [0.29, 0.717) is 18.6 Å². The molecule has 0 aromatic rings. The van der Waals surface area contributed by atoms with Crippen molar-refractivity contribution < 1.29 is 9.90 Å². The lowest BCUT2D eigenvalue weighted by Crippen LogP contribution is -2.38. The molecule has 0 radical (unpaired) electrons. The largest absolute Gasteiger partial charge is 0.481 e. The minimum absolute atomic E-state index is 0.246. The Balaban J connectivity index is 2.31. The number of rotatable bonds is 6. The van der Waals surface area contributed by atoms with E-state index in [2.05, 4.69) is 23.6 Å². The molecular weight excluding hydrogens is 204 g/mol. The molecule has 1 saturated heterocycles. The summed E-state index contributed by atoms with van der Waals surface area (Å²) in [6, 6.07) is 1.19. The zero-order chi connectivity index (χ0) is 12.1. The first-order valence-corrected chi connectivity index (χ1v) is 6.20. The summed E-state index contributed by atoms with van der Waals surface area (Å²) in [5, 5.41) is 8.65. The van der Waals surface area contributed by atoms with Gasteiger partial charge in [0.25, 0.3) is 0 Å².